The van der Waals surface area contributed by atoms with E-state index >= 15 is 0 Å². The predicted molar refractivity (Wildman–Crippen MR) is 62.8 cm³/mol. The van der Waals surface area contributed by atoms with Gasteiger partial charge in [0.15, 0.2) is 5.89 Å². The maximum atomic E-state index is 5.80. The van der Waals surface area contributed by atoms with Crippen LogP contribution in [-0.2, 0) is 11.2 Å². The normalized spacial score (nSPS) is 34.5. The number of ether oxygens (including phenoxy) is 1. The van der Waals surface area contributed by atoms with Crippen molar-refractivity contribution < 1.29 is 9.15 Å². The molecule has 90 valence electrons. The lowest BCUT2D eigenvalue weighted by Gasteiger charge is -2.14. The van der Waals surface area contributed by atoms with E-state index in [0.29, 0.717) is 24.1 Å². The van der Waals surface area contributed by atoms with E-state index in [4.69, 9.17) is 20.8 Å². The van der Waals surface area contributed by atoms with Gasteiger partial charge in [0, 0.05) is 18.2 Å². The molecule has 0 saturated carbocycles. The van der Waals surface area contributed by atoms with Gasteiger partial charge in [-0.05, 0) is 19.8 Å². The first-order valence-electron chi connectivity index (χ1n) is 5.79. The number of hydrogen-bond donors (Lipinski definition) is 0. The number of halogens is 1. The molecule has 1 aromatic heterocycles. The molecule has 0 amide bonds. The number of oxazole rings is 1. The van der Waals surface area contributed by atoms with Crippen molar-refractivity contribution in [3.63, 3.8) is 0 Å². The van der Waals surface area contributed by atoms with Crippen LogP contribution in [0.2, 0.25) is 0 Å². The van der Waals surface area contributed by atoms with Crippen molar-refractivity contribution in [1.29, 1.82) is 0 Å². The van der Waals surface area contributed by atoms with E-state index in [1.165, 1.54) is 0 Å². The molecule has 0 radical (unpaired) electrons. The average Bonchev–Trinajstić information content (AvgIpc) is 2.75. The first-order chi connectivity index (χ1) is 7.63. The van der Waals surface area contributed by atoms with Crippen LogP contribution in [0.15, 0.2) is 10.6 Å². The van der Waals surface area contributed by atoms with E-state index in [1.807, 2.05) is 6.20 Å². The van der Waals surface area contributed by atoms with Crippen LogP contribution >= 0.6 is 11.6 Å². The Morgan fingerprint density at radius 1 is 1.31 bits per heavy atom. The highest BCUT2D eigenvalue weighted by Crippen LogP contribution is 2.39. The molecule has 1 aliphatic rings. The van der Waals surface area contributed by atoms with Gasteiger partial charge >= 0.3 is 0 Å². The predicted octanol–water partition coefficient (Wildman–Crippen LogP) is 2.98. The quantitative estimate of drug-likeness (QED) is 0.766. The van der Waals surface area contributed by atoms with Crippen LogP contribution in [0.25, 0.3) is 0 Å². The highest BCUT2D eigenvalue weighted by atomic mass is 35.5. The van der Waals surface area contributed by atoms with Crippen LogP contribution in [0.4, 0.5) is 0 Å². The van der Waals surface area contributed by atoms with Gasteiger partial charge in [0.1, 0.15) is 5.76 Å². The standard InChI is InChI=1S/C12H18ClNO2/c1-7-8(2)15-9(3)12(7)10-6-14-11(16-10)4-5-13/h6-9,12H,4-5H2,1-3H3. The zero-order chi connectivity index (χ0) is 11.7. The molecule has 1 aliphatic heterocycles. The van der Waals surface area contributed by atoms with Gasteiger partial charge in [-0.15, -0.1) is 11.6 Å². The summed E-state index contributed by atoms with van der Waals surface area (Å²) >= 11 is 5.66. The van der Waals surface area contributed by atoms with Crippen LogP contribution in [0.1, 0.15) is 38.3 Å². The average molecular weight is 244 g/mol. The minimum absolute atomic E-state index is 0.196. The second-order valence-corrected chi connectivity index (χ2v) is 4.90. The summed E-state index contributed by atoms with van der Waals surface area (Å²) in [7, 11) is 0. The number of rotatable bonds is 3. The van der Waals surface area contributed by atoms with Gasteiger partial charge < -0.3 is 9.15 Å². The Balaban J connectivity index is 2.16. The number of aromatic nitrogens is 1. The molecule has 1 aromatic rings. The van der Waals surface area contributed by atoms with Crippen molar-refractivity contribution in [3.8, 4) is 0 Å². The van der Waals surface area contributed by atoms with E-state index in [9.17, 15) is 0 Å². The zero-order valence-corrected chi connectivity index (χ0v) is 10.7. The van der Waals surface area contributed by atoms with Gasteiger partial charge in [-0.1, -0.05) is 6.92 Å². The Labute approximate surface area is 101 Å². The van der Waals surface area contributed by atoms with E-state index in [-0.39, 0.29) is 12.2 Å². The van der Waals surface area contributed by atoms with Crippen molar-refractivity contribution in [2.75, 3.05) is 5.88 Å². The van der Waals surface area contributed by atoms with Crippen molar-refractivity contribution >= 4 is 11.6 Å². The second kappa shape index (κ2) is 4.76. The maximum absolute atomic E-state index is 5.80. The number of aryl methyl sites for hydroxylation is 1. The fraction of sp³-hybridized carbons (Fsp3) is 0.750. The van der Waals surface area contributed by atoms with Crippen LogP contribution in [0.3, 0.4) is 0 Å². The van der Waals surface area contributed by atoms with E-state index in [2.05, 4.69) is 25.8 Å². The Morgan fingerprint density at radius 2 is 2.06 bits per heavy atom. The van der Waals surface area contributed by atoms with E-state index < -0.39 is 0 Å². The molecule has 4 unspecified atom stereocenters. The largest absolute Gasteiger partial charge is 0.445 e. The molecule has 1 fully saturated rings. The molecule has 0 N–H and O–H groups in total. The Kier molecular flexibility index (Phi) is 3.55. The molecule has 0 spiro atoms. The molecule has 1 saturated heterocycles. The Bertz CT molecular complexity index is 353. The molecule has 0 aliphatic carbocycles. The minimum Gasteiger partial charge on any atom is -0.445 e. The number of alkyl halides is 1. The van der Waals surface area contributed by atoms with Gasteiger partial charge in [0.25, 0.3) is 0 Å². The molecule has 16 heavy (non-hydrogen) atoms. The number of nitrogens with zero attached hydrogens (tertiary/aromatic N) is 1. The first-order valence-corrected chi connectivity index (χ1v) is 6.33. The van der Waals surface area contributed by atoms with Crippen LogP contribution in [-0.4, -0.2) is 23.1 Å². The van der Waals surface area contributed by atoms with Gasteiger partial charge in [-0.3, -0.25) is 0 Å². The van der Waals surface area contributed by atoms with E-state index in [0.717, 1.165) is 11.7 Å². The SMILES string of the molecule is CC1OC(C)C(c2cnc(CCCl)o2)C1C. The van der Waals surface area contributed by atoms with Gasteiger partial charge in [0.05, 0.1) is 18.4 Å². The van der Waals surface area contributed by atoms with Gasteiger partial charge in [0.2, 0.25) is 0 Å². The van der Waals surface area contributed by atoms with Gasteiger partial charge in [-0.2, -0.15) is 0 Å². The monoisotopic (exact) mass is 243 g/mol. The van der Waals surface area contributed by atoms with Crippen LogP contribution < -0.4 is 0 Å². The molecule has 0 bridgehead atoms. The van der Waals surface area contributed by atoms with Crippen LogP contribution in [0, 0.1) is 5.92 Å². The molecular weight excluding hydrogens is 226 g/mol. The second-order valence-electron chi connectivity index (χ2n) is 4.53. The van der Waals surface area contributed by atoms with Crippen molar-refractivity contribution in [2.45, 2.75) is 45.3 Å². The lowest BCUT2D eigenvalue weighted by molar-refractivity contribution is 0.0547. The summed E-state index contributed by atoms with van der Waals surface area (Å²) < 4.78 is 11.5. The van der Waals surface area contributed by atoms with Gasteiger partial charge in [-0.25, -0.2) is 4.98 Å². The summed E-state index contributed by atoms with van der Waals surface area (Å²) in [6.45, 7) is 6.40. The lowest BCUT2D eigenvalue weighted by Crippen LogP contribution is -2.14. The summed E-state index contributed by atoms with van der Waals surface area (Å²) in [6.07, 6.45) is 2.98. The summed E-state index contributed by atoms with van der Waals surface area (Å²) in [5.41, 5.74) is 0. The summed E-state index contributed by atoms with van der Waals surface area (Å²) in [6, 6.07) is 0. The highest BCUT2D eigenvalue weighted by Gasteiger charge is 2.39. The molecule has 0 aromatic carbocycles. The summed E-state index contributed by atoms with van der Waals surface area (Å²) in [5.74, 6) is 2.98. The Hall–Kier alpha value is -0.540. The first kappa shape index (κ1) is 11.9. The molecular formula is C12H18ClNO2. The third kappa shape index (κ3) is 2.11. The van der Waals surface area contributed by atoms with Crippen molar-refractivity contribution in [3.05, 3.63) is 17.8 Å². The van der Waals surface area contributed by atoms with E-state index in [1.54, 1.807) is 0 Å². The number of hydrogen-bond acceptors (Lipinski definition) is 3. The van der Waals surface area contributed by atoms with Crippen LogP contribution in [0.5, 0.6) is 0 Å². The third-order valence-electron chi connectivity index (χ3n) is 3.45. The Morgan fingerprint density at radius 3 is 2.62 bits per heavy atom. The zero-order valence-electron chi connectivity index (χ0n) is 9.94. The van der Waals surface area contributed by atoms with Crippen molar-refractivity contribution in [2.24, 2.45) is 5.92 Å². The van der Waals surface area contributed by atoms with Crippen molar-refractivity contribution in [1.82, 2.24) is 4.98 Å². The lowest BCUT2D eigenvalue weighted by atomic mass is 9.88. The molecule has 4 atom stereocenters. The molecule has 2 heterocycles. The summed E-state index contributed by atoms with van der Waals surface area (Å²) in [4.78, 5) is 4.24. The molecule has 4 heteroatoms. The smallest absolute Gasteiger partial charge is 0.195 e. The topological polar surface area (TPSA) is 35.3 Å². The summed E-state index contributed by atoms with van der Waals surface area (Å²) in [5, 5.41) is 0. The molecule has 3 nitrogen and oxygen atoms in total. The molecule has 2 rings (SSSR count). The fourth-order valence-electron chi connectivity index (χ4n) is 2.43. The maximum Gasteiger partial charge on any atom is 0.195 e. The highest BCUT2D eigenvalue weighted by molar-refractivity contribution is 6.17. The third-order valence-corrected chi connectivity index (χ3v) is 3.64. The minimum atomic E-state index is 0.196. The fourth-order valence-corrected chi connectivity index (χ4v) is 2.59.